The summed E-state index contributed by atoms with van der Waals surface area (Å²) in [6.07, 6.45) is 3.89. The third-order valence-corrected chi connectivity index (χ3v) is 6.01. The Balaban J connectivity index is 1.61. The molecule has 2 aliphatic rings. The number of hydrogen-bond donors (Lipinski definition) is 1. The molecule has 0 amide bonds. The van der Waals surface area contributed by atoms with Gasteiger partial charge in [0.1, 0.15) is 6.10 Å². The van der Waals surface area contributed by atoms with E-state index in [9.17, 15) is 9.90 Å². The number of piperidine rings is 1. The Labute approximate surface area is 154 Å². The minimum atomic E-state index is -1.79. The summed E-state index contributed by atoms with van der Waals surface area (Å²) in [6, 6.07) is 19.1. The summed E-state index contributed by atoms with van der Waals surface area (Å²) in [5.41, 5.74) is -0.718. The molecule has 0 unspecified atom stereocenters. The van der Waals surface area contributed by atoms with Crippen molar-refractivity contribution >= 4 is 5.97 Å². The van der Waals surface area contributed by atoms with Crippen LogP contribution in [-0.4, -0.2) is 41.2 Å². The van der Waals surface area contributed by atoms with Gasteiger partial charge in [0.05, 0.1) is 0 Å². The van der Waals surface area contributed by atoms with E-state index < -0.39 is 11.6 Å². The lowest BCUT2D eigenvalue weighted by atomic mass is 9.86. The van der Waals surface area contributed by atoms with E-state index >= 15 is 0 Å². The van der Waals surface area contributed by atoms with E-state index in [0.29, 0.717) is 23.2 Å². The number of esters is 1. The van der Waals surface area contributed by atoms with Crippen molar-refractivity contribution in [3.63, 3.8) is 0 Å². The highest BCUT2D eigenvalue weighted by Crippen LogP contribution is 2.37. The SMILES string of the molecule is CN1[C@@H]2CC[C@@H]1CC(OC(=O)C(O)(c1ccccc1)c1ccccc1)C2. The standard InChI is InChI=1S/C22H25NO3/c1-23-18-12-13-19(23)15-20(14-18)26-21(24)22(25,16-8-4-2-5-9-16)17-10-6-3-7-11-17/h2-11,18-20,25H,12-15H2,1H3/t18-,19-/m1/s1. The molecule has 0 spiro atoms. The Kier molecular flexibility index (Phi) is 4.55. The van der Waals surface area contributed by atoms with Crippen LogP contribution < -0.4 is 0 Å². The van der Waals surface area contributed by atoms with Crippen LogP contribution in [-0.2, 0) is 15.1 Å². The maximum atomic E-state index is 13.2. The van der Waals surface area contributed by atoms with E-state index in [4.69, 9.17) is 4.74 Å². The van der Waals surface area contributed by atoms with Crippen molar-refractivity contribution in [1.82, 2.24) is 4.90 Å². The highest BCUT2D eigenvalue weighted by Gasteiger charge is 2.45. The molecule has 2 aromatic carbocycles. The molecule has 0 saturated carbocycles. The fourth-order valence-corrected chi connectivity index (χ4v) is 4.46. The fraction of sp³-hybridized carbons (Fsp3) is 0.409. The second kappa shape index (κ2) is 6.86. The van der Waals surface area contributed by atoms with E-state index in [1.165, 1.54) is 0 Å². The number of rotatable bonds is 4. The van der Waals surface area contributed by atoms with Gasteiger partial charge in [-0.3, -0.25) is 0 Å². The summed E-state index contributed by atoms with van der Waals surface area (Å²) >= 11 is 0. The normalized spacial score (nSPS) is 25.8. The Morgan fingerprint density at radius 3 is 1.88 bits per heavy atom. The number of hydrogen-bond acceptors (Lipinski definition) is 4. The van der Waals surface area contributed by atoms with Crippen LogP contribution in [0.15, 0.2) is 60.7 Å². The Hall–Kier alpha value is -2.17. The third kappa shape index (κ3) is 2.93. The number of nitrogens with zero attached hydrogens (tertiary/aromatic N) is 1. The maximum Gasteiger partial charge on any atom is 0.347 e. The summed E-state index contributed by atoms with van der Waals surface area (Å²) in [6.45, 7) is 0. The molecule has 0 aliphatic carbocycles. The first-order valence-corrected chi connectivity index (χ1v) is 9.35. The lowest BCUT2D eigenvalue weighted by Crippen LogP contribution is -2.46. The lowest BCUT2D eigenvalue weighted by molar-refractivity contribution is -0.171. The van der Waals surface area contributed by atoms with Gasteiger partial charge in [-0.05, 0) is 43.9 Å². The molecular formula is C22H25NO3. The Bertz CT molecular complexity index is 708. The maximum absolute atomic E-state index is 13.2. The van der Waals surface area contributed by atoms with E-state index in [1.54, 1.807) is 24.3 Å². The fourth-order valence-electron chi connectivity index (χ4n) is 4.46. The largest absolute Gasteiger partial charge is 0.460 e. The first kappa shape index (κ1) is 17.3. The topological polar surface area (TPSA) is 49.8 Å². The van der Waals surface area contributed by atoms with E-state index in [0.717, 1.165) is 25.7 Å². The molecule has 136 valence electrons. The number of ether oxygens (including phenoxy) is 1. The molecule has 2 aliphatic heterocycles. The number of carbonyl (C=O) groups is 1. The molecule has 4 nitrogen and oxygen atoms in total. The van der Waals surface area contributed by atoms with E-state index in [2.05, 4.69) is 11.9 Å². The zero-order valence-electron chi connectivity index (χ0n) is 15.0. The van der Waals surface area contributed by atoms with Crippen LogP contribution in [0.4, 0.5) is 0 Å². The molecular weight excluding hydrogens is 326 g/mol. The molecule has 26 heavy (non-hydrogen) atoms. The second-order valence-electron chi connectivity index (χ2n) is 7.49. The van der Waals surface area contributed by atoms with Gasteiger partial charge in [0.25, 0.3) is 0 Å². The molecule has 2 fully saturated rings. The third-order valence-electron chi connectivity index (χ3n) is 6.01. The first-order chi connectivity index (χ1) is 12.6. The quantitative estimate of drug-likeness (QED) is 0.860. The van der Waals surface area contributed by atoms with Gasteiger partial charge < -0.3 is 14.7 Å². The monoisotopic (exact) mass is 351 g/mol. The van der Waals surface area contributed by atoms with Crippen LogP contribution in [0, 0.1) is 0 Å². The van der Waals surface area contributed by atoms with E-state index in [1.807, 2.05) is 36.4 Å². The number of carbonyl (C=O) groups excluding carboxylic acids is 1. The molecule has 4 heteroatoms. The number of benzene rings is 2. The van der Waals surface area contributed by atoms with Gasteiger partial charge in [-0.15, -0.1) is 0 Å². The average molecular weight is 351 g/mol. The minimum Gasteiger partial charge on any atom is -0.460 e. The highest BCUT2D eigenvalue weighted by molar-refractivity contribution is 5.85. The average Bonchev–Trinajstić information content (AvgIpc) is 2.89. The van der Waals surface area contributed by atoms with Gasteiger partial charge >= 0.3 is 5.97 Å². The summed E-state index contributed by atoms with van der Waals surface area (Å²) in [5, 5.41) is 11.5. The molecule has 2 aromatic rings. The second-order valence-corrected chi connectivity index (χ2v) is 7.49. The van der Waals surface area contributed by atoms with Crippen LogP contribution in [0.3, 0.4) is 0 Å². The van der Waals surface area contributed by atoms with Gasteiger partial charge in [-0.2, -0.15) is 0 Å². The van der Waals surface area contributed by atoms with Crippen LogP contribution in [0.25, 0.3) is 0 Å². The summed E-state index contributed by atoms with van der Waals surface area (Å²) in [4.78, 5) is 15.6. The van der Waals surface area contributed by atoms with Gasteiger partial charge in [0.15, 0.2) is 0 Å². The Morgan fingerprint density at radius 2 is 1.42 bits per heavy atom. The van der Waals surface area contributed by atoms with Gasteiger partial charge in [0.2, 0.25) is 5.60 Å². The van der Waals surface area contributed by atoms with Gasteiger partial charge in [-0.25, -0.2) is 4.79 Å². The van der Waals surface area contributed by atoms with Crippen LogP contribution in [0.1, 0.15) is 36.8 Å². The highest BCUT2D eigenvalue weighted by atomic mass is 16.6. The van der Waals surface area contributed by atoms with E-state index in [-0.39, 0.29) is 6.10 Å². The van der Waals surface area contributed by atoms with Crippen LogP contribution >= 0.6 is 0 Å². The van der Waals surface area contributed by atoms with Crippen molar-refractivity contribution in [2.75, 3.05) is 7.05 Å². The zero-order valence-corrected chi connectivity index (χ0v) is 15.0. The molecule has 2 heterocycles. The minimum absolute atomic E-state index is 0.129. The van der Waals surface area contributed by atoms with Crippen molar-refractivity contribution < 1.29 is 14.6 Å². The first-order valence-electron chi connectivity index (χ1n) is 9.35. The van der Waals surface area contributed by atoms with Crippen molar-refractivity contribution in [3.05, 3.63) is 71.8 Å². The number of aliphatic hydroxyl groups is 1. The molecule has 1 N–H and O–H groups in total. The van der Waals surface area contributed by atoms with Crippen LogP contribution in [0.2, 0.25) is 0 Å². The van der Waals surface area contributed by atoms with Crippen molar-refractivity contribution in [1.29, 1.82) is 0 Å². The van der Waals surface area contributed by atoms with Crippen molar-refractivity contribution in [2.45, 2.75) is 49.5 Å². The number of fused-ring (bicyclic) bond motifs is 2. The summed E-state index contributed by atoms with van der Waals surface area (Å²) in [7, 11) is 2.16. The predicted molar refractivity (Wildman–Crippen MR) is 99.6 cm³/mol. The van der Waals surface area contributed by atoms with Crippen LogP contribution in [0.5, 0.6) is 0 Å². The smallest absolute Gasteiger partial charge is 0.347 e. The van der Waals surface area contributed by atoms with Gasteiger partial charge in [0, 0.05) is 12.1 Å². The molecule has 0 aromatic heterocycles. The lowest BCUT2D eigenvalue weighted by Gasteiger charge is -2.37. The summed E-state index contributed by atoms with van der Waals surface area (Å²) in [5.74, 6) is -0.580. The predicted octanol–water partition coefficient (Wildman–Crippen LogP) is 3.09. The molecule has 2 bridgehead atoms. The zero-order chi connectivity index (χ0) is 18.1. The van der Waals surface area contributed by atoms with Gasteiger partial charge in [-0.1, -0.05) is 60.7 Å². The molecule has 4 rings (SSSR count). The molecule has 2 saturated heterocycles. The molecule has 2 atom stereocenters. The Morgan fingerprint density at radius 1 is 0.962 bits per heavy atom. The summed E-state index contributed by atoms with van der Waals surface area (Å²) < 4.78 is 5.88. The molecule has 0 radical (unpaired) electrons. The van der Waals surface area contributed by atoms with Crippen molar-refractivity contribution in [2.24, 2.45) is 0 Å². The van der Waals surface area contributed by atoms with Crippen molar-refractivity contribution in [3.8, 4) is 0 Å².